The lowest BCUT2D eigenvalue weighted by Crippen LogP contribution is -1.92. The Morgan fingerprint density at radius 3 is 2.33 bits per heavy atom. The van der Waals surface area contributed by atoms with Gasteiger partial charge in [0.2, 0.25) is 0 Å². The van der Waals surface area contributed by atoms with Crippen molar-refractivity contribution in [2.75, 3.05) is 0 Å². The summed E-state index contributed by atoms with van der Waals surface area (Å²) in [7, 11) is 0. The van der Waals surface area contributed by atoms with Gasteiger partial charge >= 0.3 is 0 Å². The monoisotopic (exact) mass is 243 g/mol. The molecular formula is C14H13NO3. The van der Waals surface area contributed by atoms with Crippen LogP contribution in [0.3, 0.4) is 0 Å². The summed E-state index contributed by atoms with van der Waals surface area (Å²) >= 11 is 0. The van der Waals surface area contributed by atoms with Crippen LogP contribution in [0.15, 0.2) is 36.4 Å². The smallest absolute Gasteiger partial charge is 0.272 e. The summed E-state index contributed by atoms with van der Waals surface area (Å²) in [6.45, 7) is 3.61. The molecule has 92 valence electrons. The predicted molar refractivity (Wildman–Crippen MR) is 69.7 cm³/mol. The Hall–Kier alpha value is -2.36. The number of nitro benzene ring substituents is 1. The number of phenols is 1. The van der Waals surface area contributed by atoms with Crippen molar-refractivity contribution in [1.82, 2.24) is 0 Å². The molecule has 0 aliphatic heterocycles. The van der Waals surface area contributed by atoms with E-state index in [4.69, 9.17) is 0 Å². The summed E-state index contributed by atoms with van der Waals surface area (Å²) in [6.07, 6.45) is 0. The van der Waals surface area contributed by atoms with Crippen LogP contribution >= 0.6 is 0 Å². The zero-order valence-corrected chi connectivity index (χ0v) is 10.2. The van der Waals surface area contributed by atoms with E-state index in [-0.39, 0.29) is 16.4 Å². The molecule has 0 heterocycles. The van der Waals surface area contributed by atoms with E-state index in [1.807, 2.05) is 13.0 Å². The highest BCUT2D eigenvalue weighted by molar-refractivity contribution is 5.70. The van der Waals surface area contributed by atoms with Crippen LogP contribution in [0.4, 0.5) is 5.69 Å². The standard InChI is InChI=1S/C14H13NO3/c1-9-8-12(16)4-5-13(9)11-3-6-14(15(17)18)10(2)7-11/h3-8,16H,1-2H3. The van der Waals surface area contributed by atoms with E-state index >= 15 is 0 Å². The molecular weight excluding hydrogens is 230 g/mol. The highest BCUT2D eigenvalue weighted by atomic mass is 16.6. The number of nitro groups is 1. The zero-order valence-electron chi connectivity index (χ0n) is 10.2. The first-order valence-corrected chi connectivity index (χ1v) is 5.54. The van der Waals surface area contributed by atoms with E-state index in [9.17, 15) is 15.2 Å². The first-order valence-electron chi connectivity index (χ1n) is 5.54. The van der Waals surface area contributed by atoms with Crippen molar-refractivity contribution in [3.63, 3.8) is 0 Å². The molecule has 0 radical (unpaired) electrons. The van der Waals surface area contributed by atoms with Crippen molar-refractivity contribution < 1.29 is 10.0 Å². The van der Waals surface area contributed by atoms with E-state index in [1.165, 1.54) is 6.07 Å². The second kappa shape index (κ2) is 4.49. The third-order valence-electron chi connectivity index (χ3n) is 2.91. The minimum Gasteiger partial charge on any atom is -0.508 e. The predicted octanol–water partition coefficient (Wildman–Crippen LogP) is 3.58. The van der Waals surface area contributed by atoms with Gasteiger partial charge in [0.1, 0.15) is 5.75 Å². The van der Waals surface area contributed by atoms with Gasteiger partial charge in [-0.25, -0.2) is 0 Å². The van der Waals surface area contributed by atoms with Gasteiger partial charge in [0.05, 0.1) is 4.92 Å². The largest absolute Gasteiger partial charge is 0.508 e. The average molecular weight is 243 g/mol. The molecule has 0 bridgehead atoms. The summed E-state index contributed by atoms with van der Waals surface area (Å²) < 4.78 is 0. The Labute approximate surface area is 105 Å². The van der Waals surface area contributed by atoms with Crippen LogP contribution in [-0.2, 0) is 0 Å². The van der Waals surface area contributed by atoms with Gasteiger partial charge in [-0.3, -0.25) is 10.1 Å². The number of hydrogen-bond donors (Lipinski definition) is 1. The molecule has 0 aromatic heterocycles. The molecule has 2 aromatic rings. The average Bonchev–Trinajstić information content (AvgIpc) is 2.28. The Kier molecular flexibility index (Phi) is 3.02. The Morgan fingerprint density at radius 1 is 1.06 bits per heavy atom. The number of aromatic hydroxyl groups is 1. The molecule has 2 aromatic carbocycles. The fourth-order valence-electron chi connectivity index (χ4n) is 2.00. The molecule has 0 amide bonds. The van der Waals surface area contributed by atoms with Crippen molar-refractivity contribution in [2.24, 2.45) is 0 Å². The third kappa shape index (κ3) is 2.18. The fraction of sp³-hybridized carbons (Fsp3) is 0.143. The Balaban J connectivity index is 2.52. The van der Waals surface area contributed by atoms with Crippen LogP contribution in [0.25, 0.3) is 11.1 Å². The molecule has 18 heavy (non-hydrogen) atoms. The van der Waals surface area contributed by atoms with Crippen molar-refractivity contribution in [1.29, 1.82) is 0 Å². The zero-order chi connectivity index (χ0) is 13.3. The minimum absolute atomic E-state index is 0.121. The van der Waals surface area contributed by atoms with Gasteiger partial charge in [-0.1, -0.05) is 6.07 Å². The number of phenolic OH excluding ortho intramolecular Hbond substituents is 1. The molecule has 0 saturated heterocycles. The van der Waals surface area contributed by atoms with E-state index in [1.54, 1.807) is 31.2 Å². The van der Waals surface area contributed by atoms with Crippen molar-refractivity contribution in [3.8, 4) is 16.9 Å². The molecule has 2 rings (SSSR count). The molecule has 0 saturated carbocycles. The maximum Gasteiger partial charge on any atom is 0.272 e. The lowest BCUT2D eigenvalue weighted by atomic mass is 9.98. The second-order valence-corrected chi connectivity index (χ2v) is 4.26. The van der Waals surface area contributed by atoms with Crippen LogP contribution in [-0.4, -0.2) is 10.0 Å². The summed E-state index contributed by atoms with van der Waals surface area (Å²) in [5.74, 6) is 0.217. The van der Waals surface area contributed by atoms with Crippen molar-refractivity contribution in [2.45, 2.75) is 13.8 Å². The Morgan fingerprint density at radius 2 is 1.78 bits per heavy atom. The van der Waals surface area contributed by atoms with Gasteiger partial charge < -0.3 is 5.11 Å². The fourth-order valence-corrected chi connectivity index (χ4v) is 2.00. The topological polar surface area (TPSA) is 63.4 Å². The van der Waals surface area contributed by atoms with Gasteiger partial charge in [0.25, 0.3) is 5.69 Å². The van der Waals surface area contributed by atoms with Crippen molar-refractivity contribution >= 4 is 5.69 Å². The van der Waals surface area contributed by atoms with Crippen LogP contribution in [0.5, 0.6) is 5.75 Å². The maximum atomic E-state index is 10.8. The minimum atomic E-state index is -0.386. The first kappa shape index (κ1) is 12.1. The van der Waals surface area contributed by atoms with E-state index in [0.717, 1.165) is 16.7 Å². The highest BCUT2D eigenvalue weighted by Crippen LogP contribution is 2.29. The highest BCUT2D eigenvalue weighted by Gasteiger charge is 2.11. The molecule has 0 aliphatic carbocycles. The third-order valence-corrected chi connectivity index (χ3v) is 2.91. The van der Waals surface area contributed by atoms with Crippen LogP contribution < -0.4 is 0 Å². The molecule has 4 nitrogen and oxygen atoms in total. The van der Waals surface area contributed by atoms with E-state index < -0.39 is 0 Å². The molecule has 0 aliphatic rings. The summed E-state index contributed by atoms with van der Waals surface area (Å²) in [5, 5.41) is 20.1. The first-order chi connectivity index (χ1) is 8.49. The molecule has 0 spiro atoms. The number of rotatable bonds is 2. The molecule has 0 fully saturated rings. The number of nitrogens with zero attached hydrogens (tertiary/aromatic N) is 1. The van der Waals surface area contributed by atoms with Crippen LogP contribution in [0, 0.1) is 24.0 Å². The quantitative estimate of drug-likeness (QED) is 0.647. The summed E-state index contributed by atoms with van der Waals surface area (Å²) in [4.78, 5) is 10.4. The lowest BCUT2D eigenvalue weighted by molar-refractivity contribution is -0.385. The molecule has 0 atom stereocenters. The van der Waals surface area contributed by atoms with Gasteiger partial charge in [0.15, 0.2) is 0 Å². The second-order valence-electron chi connectivity index (χ2n) is 4.26. The number of benzene rings is 2. The summed E-state index contributed by atoms with van der Waals surface area (Å²) in [6, 6.07) is 10.1. The Bertz CT molecular complexity index is 620. The van der Waals surface area contributed by atoms with Crippen LogP contribution in [0.1, 0.15) is 11.1 Å². The summed E-state index contributed by atoms with van der Waals surface area (Å²) in [5.41, 5.74) is 3.56. The SMILES string of the molecule is Cc1cc(O)ccc1-c1ccc([N+](=O)[O-])c(C)c1. The number of hydrogen-bond acceptors (Lipinski definition) is 3. The van der Waals surface area contributed by atoms with E-state index in [0.29, 0.717) is 5.56 Å². The normalized spacial score (nSPS) is 10.3. The maximum absolute atomic E-state index is 10.8. The van der Waals surface area contributed by atoms with Gasteiger partial charge in [-0.15, -0.1) is 0 Å². The van der Waals surface area contributed by atoms with Crippen LogP contribution in [0.2, 0.25) is 0 Å². The lowest BCUT2D eigenvalue weighted by Gasteiger charge is -2.07. The van der Waals surface area contributed by atoms with Gasteiger partial charge in [-0.05, 0) is 54.8 Å². The molecule has 0 unspecified atom stereocenters. The number of aryl methyl sites for hydroxylation is 2. The molecule has 4 heteroatoms. The van der Waals surface area contributed by atoms with Gasteiger partial charge in [0, 0.05) is 11.6 Å². The van der Waals surface area contributed by atoms with E-state index in [2.05, 4.69) is 0 Å². The van der Waals surface area contributed by atoms with Gasteiger partial charge in [-0.2, -0.15) is 0 Å². The molecule has 1 N–H and O–H groups in total. The van der Waals surface area contributed by atoms with Crippen molar-refractivity contribution in [3.05, 3.63) is 57.6 Å².